The van der Waals surface area contributed by atoms with Crippen LogP contribution in [0.1, 0.15) is 15.9 Å². The molecule has 8 nitrogen and oxygen atoms in total. The summed E-state index contributed by atoms with van der Waals surface area (Å²) in [6.45, 7) is 0. The molecule has 0 fully saturated rings. The number of aromatic nitrogens is 4. The quantitative estimate of drug-likeness (QED) is 0.0945. The average Bonchev–Trinajstić information content (AvgIpc) is 3.67. The fourth-order valence-corrected chi connectivity index (χ4v) is 5.02. The van der Waals surface area contributed by atoms with Gasteiger partial charge in [0.2, 0.25) is 11.8 Å². The molecule has 0 atom stereocenters. The molecule has 6 rings (SSSR count). The molecule has 0 bridgehead atoms. The number of aromatic amines is 1. The number of benzene rings is 4. The molecule has 0 saturated heterocycles. The van der Waals surface area contributed by atoms with Crippen LogP contribution in [-0.2, 0) is 4.79 Å². The molecule has 0 aliphatic rings. The Balaban J connectivity index is 1.01. The van der Waals surface area contributed by atoms with Crippen LogP contribution in [0.25, 0.3) is 40.0 Å². The number of hydrogen-bond acceptors (Lipinski definition) is 7. The van der Waals surface area contributed by atoms with Gasteiger partial charge in [-0.3, -0.25) is 9.59 Å². The number of nitrogens with zero attached hydrogens (tertiary/aromatic N) is 3. The Labute approximate surface area is 260 Å². The van der Waals surface area contributed by atoms with E-state index in [0.29, 0.717) is 27.2 Å². The van der Waals surface area contributed by atoms with Crippen LogP contribution in [0.15, 0.2) is 107 Å². The Kier molecular flexibility index (Phi) is 8.37. The number of thioether (sulfide) groups is 1. The number of amides is 1. The summed E-state index contributed by atoms with van der Waals surface area (Å²) in [6.07, 6.45) is 3.22. The van der Waals surface area contributed by atoms with Gasteiger partial charge in [0.15, 0.2) is 5.78 Å². The van der Waals surface area contributed by atoms with Crippen LogP contribution in [0.5, 0.6) is 0 Å². The Morgan fingerprint density at radius 2 is 1.58 bits per heavy atom. The van der Waals surface area contributed by atoms with Gasteiger partial charge < -0.3 is 14.7 Å². The molecule has 4 aromatic carbocycles. The van der Waals surface area contributed by atoms with Crippen molar-refractivity contribution in [2.24, 2.45) is 0 Å². The maximum atomic E-state index is 12.5. The van der Waals surface area contributed by atoms with E-state index in [2.05, 4.69) is 25.5 Å². The minimum atomic E-state index is -0.247. The number of carbonyl (C=O) groups excluding carboxylic acids is 2. The normalized spacial score (nSPS) is 11.3. The van der Waals surface area contributed by atoms with E-state index >= 15 is 0 Å². The fourth-order valence-electron chi connectivity index (χ4n) is 4.16. The van der Waals surface area contributed by atoms with Crippen LogP contribution in [0.4, 0.5) is 5.69 Å². The zero-order chi connectivity index (χ0) is 29.8. The fraction of sp³-hybridized carbons (Fsp3) is 0.0312. The Bertz CT molecular complexity index is 1950. The number of imidazole rings is 1. The SMILES string of the molecule is O=C(CSc1nnc(-c2ccc(-c3nc4ccc(Cl)cc4[nH]3)cc2)o1)Nc1ccc(C(=O)/C=C/c2ccc(Cl)cc2)cc1. The first-order valence-electron chi connectivity index (χ1n) is 13.0. The number of halogens is 2. The largest absolute Gasteiger partial charge is 0.411 e. The number of allylic oxidation sites excluding steroid dienone is 1. The molecule has 43 heavy (non-hydrogen) atoms. The van der Waals surface area contributed by atoms with Gasteiger partial charge in [-0.25, -0.2) is 4.98 Å². The topological polar surface area (TPSA) is 114 Å². The highest BCUT2D eigenvalue weighted by molar-refractivity contribution is 7.99. The molecule has 11 heteroatoms. The summed E-state index contributed by atoms with van der Waals surface area (Å²) in [5, 5.41) is 12.5. The van der Waals surface area contributed by atoms with E-state index < -0.39 is 0 Å². The van der Waals surface area contributed by atoms with E-state index in [0.717, 1.165) is 45.3 Å². The third-order valence-corrected chi connectivity index (χ3v) is 7.64. The second-order valence-corrected chi connectivity index (χ2v) is 11.2. The van der Waals surface area contributed by atoms with Gasteiger partial charge >= 0.3 is 0 Å². The summed E-state index contributed by atoms with van der Waals surface area (Å²) >= 11 is 13.1. The average molecular weight is 627 g/mol. The van der Waals surface area contributed by atoms with Crippen LogP contribution < -0.4 is 5.32 Å². The Morgan fingerprint density at radius 1 is 0.860 bits per heavy atom. The number of anilines is 1. The summed E-state index contributed by atoms with van der Waals surface area (Å²) < 4.78 is 5.75. The van der Waals surface area contributed by atoms with Gasteiger partial charge in [-0.15, -0.1) is 10.2 Å². The van der Waals surface area contributed by atoms with E-state index in [1.54, 1.807) is 48.5 Å². The van der Waals surface area contributed by atoms with Crippen LogP contribution >= 0.6 is 35.0 Å². The molecule has 0 saturated carbocycles. The molecule has 2 N–H and O–H groups in total. The maximum Gasteiger partial charge on any atom is 0.277 e. The minimum Gasteiger partial charge on any atom is -0.411 e. The van der Waals surface area contributed by atoms with Crippen molar-refractivity contribution in [3.8, 4) is 22.8 Å². The first-order valence-corrected chi connectivity index (χ1v) is 14.7. The molecule has 0 aliphatic heterocycles. The minimum absolute atomic E-state index is 0.0706. The molecule has 0 spiro atoms. The number of rotatable bonds is 9. The van der Waals surface area contributed by atoms with Gasteiger partial charge in [-0.05, 0) is 78.4 Å². The van der Waals surface area contributed by atoms with Crippen LogP contribution in [-0.4, -0.2) is 37.6 Å². The maximum absolute atomic E-state index is 12.5. The lowest BCUT2D eigenvalue weighted by Gasteiger charge is -2.05. The summed E-state index contributed by atoms with van der Waals surface area (Å²) in [4.78, 5) is 32.8. The molecule has 2 heterocycles. The number of hydrogen-bond donors (Lipinski definition) is 2. The van der Waals surface area contributed by atoms with E-state index in [9.17, 15) is 9.59 Å². The monoisotopic (exact) mass is 625 g/mol. The van der Waals surface area contributed by atoms with Gasteiger partial charge in [-0.2, -0.15) is 0 Å². The number of carbonyl (C=O) groups is 2. The van der Waals surface area contributed by atoms with Crippen LogP contribution in [0.2, 0.25) is 10.0 Å². The highest BCUT2D eigenvalue weighted by Gasteiger charge is 2.13. The molecule has 6 aromatic rings. The second kappa shape index (κ2) is 12.7. The lowest BCUT2D eigenvalue weighted by molar-refractivity contribution is -0.113. The van der Waals surface area contributed by atoms with Crippen LogP contribution in [0.3, 0.4) is 0 Å². The van der Waals surface area contributed by atoms with E-state index in [-0.39, 0.29) is 22.7 Å². The van der Waals surface area contributed by atoms with Crippen molar-refractivity contribution >= 4 is 69.5 Å². The third-order valence-electron chi connectivity index (χ3n) is 6.33. The smallest absolute Gasteiger partial charge is 0.277 e. The Hall–Kier alpha value is -4.70. The number of nitrogens with one attached hydrogen (secondary N) is 2. The summed E-state index contributed by atoms with van der Waals surface area (Å²) in [7, 11) is 0. The number of ketones is 1. The van der Waals surface area contributed by atoms with Gasteiger partial charge in [0.25, 0.3) is 5.22 Å². The van der Waals surface area contributed by atoms with E-state index in [1.807, 2.05) is 48.5 Å². The Morgan fingerprint density at radius 3 is 2.35 bits per heavy atom. The first-order chi connectivity index (χ1) is 20.9. The second-order valence-electron chi connectivity index (χ2n) is 9.36. The van der Waals surface area contributed by atoms with Crippen molar-refractivity contribution in [3.63, 3.8) is 0 Å². The van der Waals surface area contributed by atoms with Gasteiger partial charge in [0, 0.05) is 32.4 Å². The standard InChI is InChI=1S/C32H21Cl2N5O3S/c33-23-10-1-19(2-11-23)3-16-28(40)20-8-13-25(14-9-20)35-29(41)18-43-32-39-38-31(42-32)22-6-4-21(5-7-22)30-36-26-15-12-24(34)17-27(26)37-30/h1-17H,18H2,(H,35,41)(H,36,37)/b16-3+. The third kappa shape index (κ3) is 7.03. The van der Waals surface area contributed by atoms with Crippen molar-refractivity contribution in [1.29, 1.82) is 0 Å². The molecule has 1 amide bonds. The molecule has 212 valence electrons. The van der Waals surface area contributed by atoms with Gasteiger partial charge in [0.1, 0.15) is 5.82 Å². The zero-order valence-electron chi connectivity index (χ0n) is 22.3. The lowest BCUT2D eigenvalue weighted by Crippen LogP contribution is -2.14. The van der Waals surface area contributed by atoms with Crippen LogP contribution in [0, 0.1) is 0 Å². The first kappa shape index (κ1) is 28.4. The van der Waals surface area contributed by atoms with Crippen molar-refractivity contribution in [1.82, 2.24) is 20.2 Å². The predicted molar refractivity (Wildman–Crippen MR) is 170 cm³/mol. The highest BCUT2D eigenvalue weighted by Crippen LogP contribution is 2.27. The van der Waals surface area contributed by atoms with E-state index in [1.165, 1.54) is 6.08 Å². The van der Waals surface area contributed by atoms with E-state index in [4.69, 9.17) is 27.6 Å². The highest BCUT2D eigenvalue weighted by atomic mass is 35.5. The molecular weight excluding hydrogens is 605 g/mol. The van der Waals surface area contributed by atoms with Crippen molar-refractivity contribution in [3.05, 3.63) is 118 Å². The summed E-state index contributed by atoms with van der Waals surface area (Å²) in [5.74, 6) is 0.745. The lowest BCUT2D eigenvalue weighted by atomic mass is 10.1. The molecule has 2 aromatic heterocycles. The predicted octanol–water partition coefficient (Wildman–Crippen LogP) is 8.21. The molecular formula is C32H21Cl2N5O3S. The summed E-state index contributed by atoms with van der Waals surface area (Å²) in [5.41, 5.74) is 5.28. The summed E-state index contributed by atoms with van der Waals surface area (Å²) in [6, 6.07) is 26.9. The molecule has 0 aliphatic carbocycles. The van der Waals surface area contributed by atoms with Crippen molar-refractivity contribution < 1.29 is 14.0 Å². The zero-order valence-corrected chi connectivity index (χ0v) is 24.6. The van der Waals surface area contributed by atoms with Gasteiger partial charge in [0.05, 0.1) is 16.8 Å². The van der Waals surface area contributed by atoms with Crippen molar-refractivity contribution in [2.75, 3.05) is 11.1 Å². The molecule has 0 radical (unpaired) electrons. The van der Waals surface area contributed by atoms with Crippen molar-refractivity contribution in [2.45, 2.75) is 5.22 Å². The molecule has 0 unspecified atom stereocenters. The number of fused-ring (bicyclic) bond motifs is 1. The van der Waals surface area contributed by atoms with Gasteiger partial charge in [-0.1, -0.05) is 65.3 Å². The number of H-pyrrole nitrogens is 1.